The van der Waals surface area contributed by atoms with Crippen molar-refractivity contribution >= 4 is 35.5 Å². The van der Waals surface area contributed by atoms with Crippen LogP contribution in [-0.4, -0.2) is 51.7 Å². The van der Waals surface area contributed by atoms with Crippen LogP contribution >= 0.6 is 17.7 Å². The van der Waals surface area contributed by atoms with Gasteiger partial charge in [-0.1, -0.05) is 36.4 Å². The second-order valence-electron chi connectivity index (χ2n) is 6.03. The molecular weight excluding hydrogens is 507 g/mol. The number of carbonyl (C=O) groups excluding carboxylic acids is 1. The van der Waals surface area contributed by atoms with Gasteiger partial charge in [-0.2, -0.15) is 9.90 Å². The number of benzene rings is 2. The molecule has 0 aliphatic heterocycles. The lowest BCUT2D eigenvalue weighted by atomic mass is 10.1. The van der Waals surface area contributed by atoms with Gasteiger partial charge in [0.2, 0.25) is 0 Å². The molecule has 15 heteroatoms. The lowest BCUT2D eigenvalue weighted by molar-refractivity contribution is -0.137. The van der Waals surface area contributed by atoms with Gasteiger partial charge in [0.15, 0.2) is 6.67 Å². The largest absolute Gasteiger partial charge is 0.495 e. The summed E-state index contributed by atoms with van der Waals surface area (Å²) in [5.74, 6) is -0.783. The molecule has 6 N–H and O–H groups in total. The average Bonchev–Trinajstić information content (AvgIpc) is 2.78. The fourth-order valence-electron chi connectivity index (χ4n) is 1.98. The minimum absolute atomic E-state index is 0. The van der Waals surface area contributed by atoms with Gasteiger partial charge in [0.25, 0.3) is 0 Å². The summed E-state index contributed by atoms with van der Waals surface area (Å²) in [6, 6.07) is 15.7. The van der Waals surface area contributed by atoms with E-state index in [-0.39, 0.29) is 16.0 Å². The molecule has 196 valence electrons. The van der Waals surface area contributed by atoms with E-state index in [1.54, 1.807) is 21.0 Å². The van der Waals surface area contributed by atoms with Crippen LogP contribution in [-0.2, 0) is 14.1 Å². The van der Waals surface area contributed by atoms with E-state index in [4.69, 9.17) is 43.9 Å². The van der Waals surface area contributed by atoms with Crippen molar-refractivity contribution in [1.29, 1.82) is 5.26 Å². The highest BCUT2D eigenvalue weighted by Gasteiger charge is 2.09. The second kappa shape index (κ2) is 20.1. The molecule has 2 aromatic carbocycles. The molecule has 0 aliphatic rings. The Morgan fingerprint density at radius 3 is 1.97 bits per heavy atom. The zero-order valence-corrected chi connectivity index (χ0v) is 21.6. The first-order valence-corrected chi connectivity index (χ1v) is 10.7. The van der Waals surface area contributed by atoms with Crippen LogP contribution in [0.15, 0.2) is 48.5 Å². The van der Waals surface area contributed by atoms with Gasteiger partial charge in [0.05, 0.1) is 18.9 Å². The van der Waals surface area contributed by atoms with Crippen molar-refractivity contribution in [3.05, 3.63) is 48.5 Å². The van der Waals surface area contributed by atoms with Crippen LogP contribution < -0.4 is 15.6 Å². The molecule has 1 atom stereocenters. The van der Waals surface area contributed by atoms with Crippen LogP contribution in [0.25, 0.3) is 11.1 Å². The molecule has 0 spiro atoms. The van der Waals surface area contributed by atoms with E-state index in [2.05, 4.69) is 17.4 Å². The third-order valence-electron chi connectivity index (χ3n) is 3.06. The van der Waals surface area contributed by atoms with Gasteiger partial charge >= 0.3 is 19.9 Å². The summed E-state index contributed by atoms with van der Waals surface area (Å²) in [4.78, 5) is 42.1. The third kappa shape index (κ3) is 21.0. The number of methoxy groups -OCH3 is 1. The maximum atomic E-state index is 11.5. The van der Waals surface area contributed by atoms with Crippen LogP contribution in [0.4, 0.5) is 14.9 Å². The molecular formula is C20H30FN3O9P2. The number of nitriles is 1. The van der Waals surface area contributed by atoms with E-state index in [0.29, 0.717) is 11.4 Å². The van der Waals surface area contributed by atoms with E-state index >= 15 is 0 Å². The van der Waals surface area contributed by atoms with Crippen molar-refractivity contribution in [2.75, 3.05) is 19.2 Å². The molecule has 0 heterocycles. The molecule has 2 aromatic rings. The monoisotopic (exact) mass is 537 g/mol. The molecule has 12 nitrogen and oxygen atoms in total. The summed E-state index contributed by atoms with van der Waals surface area (Å²) in [6.45, 7) is 5.80. The number of rotatable bonds is 6. The van der Waals surface area contributed by atoms with Crippen LogP contribution in [0.1, 0.15) is 13.8 Å². The third-order valence-corrected chi connectivity index (χ3v) is 3.06. The van der Waals surface area contributed by atoms with Gasteiger partial charge in [0.1, 0.15) is 5.75 Å². The van der Waals surface area contributed by atoms with Crippen LogP contribution in [0, 0.1) is 11.8 Å². The van der Waals surface area contributed by atoms with Crippen molar-refractivity contribution in [2.24, 2.45) is 0 Å². The van der Waals surface area contributed by atoms with Gasteiger partial charge < -0.3 is 29.3 Å². The topological polar surface area (TPSA) is 198 Å². The number of carboxylic acid groups (broad SMARTS) is 1. The Morgan fingerprint density at radius 1 is 1.09 bits per heavy atom. The van der Waals surface area contributed by atoms with E-state index in [9.17, 15) is 9.18 Å². The van der Waals surface area contributed by atoms with Gasteiger partial charge in [0, 0.05) is 6.57 Å². The minimum Gasteiger partial charge on any atom is -0.495 e. The molecule has 2 rings (SSSR count). The number of carbonyl (C=O) groups is 2. The fourth-order valence-corrected chi connectivity index (χ4v) is 1.98. The zero-order valence-electron chi connectivity index (χ0n) is 19.3. The number of halogens is 1. The number of carboxylic acids is 1. The lowest BCUT2D eigenvalue weighted by Gasteiger charge is -2.15. The summed E-state index contributed by atoms with van der Waals surface area (Å²) < 4.78 is 29.7. The van der Waals surface area contributed by atoms with E-state index in [1.165, 1.54) is 0 Å². The summed E-state index contributed by atoms with van der Waals surface area (Å²) in [5.41, 5.74) is 8.08. The van der Waals surface area contributed by atoms with Gasteiger partial charge in [-0.05, 0) is 37.1 Å². The Hall–Kier alpha value is -3.26. The predicted octanol–water partition coefficient (Wildman–Crippen LogP) is 3.13. The number of ether oxygens (including phenoxy) is 2. The molecule has 1 amide bonds. The molecule has 0 aliphatic carbocycles. The van der Waals surface area contributed by atoms with Gasteiger partial charge in [-0.15, -0.1) is 0 Å². The van der Waals surface area contributed by atoms with E-state index in [0.717, 1.165) is 11.1 Å². The standard InChI is InChI=1S/C17H20N2O3.C2H3FO2.CHN.H3O4P.H3P/c1-12(2)22-17(20)19-18-15-11-14(9-10-16(15)21-3)13-7-5-4-6-8-13;3-1-2(4)5;1-2;1-5(2,3)4;/h4-12,18H,1-3H3,(H,19,20);1H2,(H,4,5);1H;(H3,1,2,3,4);1H3. The first kappa shape index (κ1) is 36.3. The molecule has 0 radical (unpaired) electrons. The van der Waals surface area contributed by atoms with Crippen LogP contribution in [0.3, 0.4) is 0 Å². The summed E-state index contributed by atoms with van der Waals surface area (Å²) in [6.07, 6.45) is -0.721. The van der Waals surface area contributed by atoms with Gasteiger partial charge in [-0.25, -0.2) is 29.2 Å². The highest BCUT2D eigenvalue weighted by atomic mass is 31.2. The fraction of sp³-hybridized carbons (Fsp3) is 0.250. The number of anilines is 1. The molecule has 0 fully saturated rings. The number of hydrogen-bond acceptors (Lipinski definition) is 7. The predicted molar refractivity (Wildman–Crippen MR) is 132 cm³/mol. The van der Waals surface area contributed by atoms with Crippen molar-refractivity contribution < 1.29 is 47.8 Å². The molecule has 0 saturated heterocycles. The van der Waals surface area contributed by atoms with E-state index < -0.39 is 26.6 Å². The number of hydrazine groups is 1. The lowest BCUT2D eigenvalue weighted by Crippen LogP contribution is -2.31. The van der Waals surface area contributed by atoms with Crippen molar-refractivity contribution in [3.8, 4) is 23.4 Å². The summed E-state index contributed by atoms with van der Waals surface area (Å²) in [5, 5.41) is 13.8. The highest BCUT2D eigenvalue weighted by Crippen LogP contribution is 2.30. The number of nitrogens with zero attached hydrogens (tertiary/aromatic N) is 1. The van der Waals surface area contributed by atoms with Crippen LogP contribution in [0.2, 0.25) is 0 Å². The molecule has 0 bridgehead atoms. The van der Waals surface area contributed by atoms with Crippen molar-refractivity contribution in [3.63, 3.8) is 0 Å². The molecule has 0 saturated carbocycles. The number of amides is 1. The number of nitrogens with one attached hydrogen (secondary N) is 2. The van der Waals surface area contributed by atoms with E-state index in [1.807, 2.05) is 48.5 Å². The molecule has 35 heavy (non-hydrogen) atoms. The quantitative estimate of drug-likeness (QED) is 0.234. The Kier molecular flexibility index (Phi) is 20.9. The first-order valence-electron chi connectivity index (χ1n) is 9.15. The summed E-state index contributed by atoms with van der Waals surface area (Å²) >= 11 is 0. The number of hydrogen-bond donors (Lipinski definition) is 6. The van der Waals surface area contributed by atoms with Gasteiger partial charge in [-0.3, -0.25) is 5.43 Å². The Bertz CT molecular complexity index is 934. The maximum Gasteiger partial charge on any atom is 0.466 e. The second-order valence-corrected chi connectivity index (χ2v) is 7.05. The average molecular weight is 537 g/mol. The minimum atomic E-state index is -4.64. The molecule has 0 aromatic heterocycles. The Balaban J connectivity index is -0.000000661. The van der Waals surface area contributed by atoms with Crippen molar-refractivity contribution in [2.45, 2.75) is 20.0 Å². The number of aliphatic carboxylic acids is 1. The highest BCUT2D eigenvalue weighted by molar-refractivity contribution is 7.45. The molecule has 1 unspecified atom stereocenters. The normalized spacial score (nSPS) is 9.20. The van der Waals surface area contributed by atoms with Crippen molar-refractivity contribution in [1.82, 2.24) is 5.43 Å². The maximum absolute atomic E-state index is 11.5. The first-order chi connectivity index (χ1) is 15.9. The SMILES string of the molecule is C#N.COc1ccc(-c2ccccc2)cc1NNC(=O)OC(C)C.O=C(O)CF.O=P(O)(O)O.P. The number of phosphoric acid groups is 1. The Morgan fingerprint density at radius 2 is 1.57 bits per heavy atom. The summed E-state index contributed by atoms with van der Waals surface area (Å²) in [7, 11) is -3.06. The number of alkyl halides is 1. The zero-order chi connectivity index (χ0) is 26.7. The Labute approximate surface area is 205 Å². The van der Waals surface area contributed by atoms with Crippen LogP contribution in [0.5, 0.6) is 5.75 Å². The smallest absolute Gasteiger partial charge is 0.466 e.